The van der Waals surface area contributed by atoms with Crippen LogP contribution in [-0.2, 0) is 0 Å². The van der Waals surface area contributed by atoms with Crippen LogP contribution in [0.15, 0.2) is 48.5 Å². The van der Waals surface area contributed by atoms with Crippen molar-refractivity contribution in [3.8, 4) is 0 Å². The van der Waals surface area contributed by atoms with Gasteiger partial charge in [0.15, 0.2) is 0 Å². The third kappa shape index (κ3) is 3.01. The molecule has 0 heterocycles. The normalized spacial score (nSPS) is 16.1. The van der Waals surface area contributed by atoms with E-state index in [1.165, 1.54) is 43.7 Å². The third-order valence-corrected chi connectivity index (χ3v) is 4.14. The summed E-state index contributed by atoms with van der Waals surface area (Å²) in [5, 5.41) is 3.13. The molecule has 2 aromatic rings. The summed E-state index contributed by atoms with van der Waals surface area (Å²) in [6.45, 7) is 0. The molecule has 0 atom stereocenters. The summed E-state index contributed by atoms with van der Waals surface area (Å²) in [6.07, 6.45) is 6.68. The van der Waals surface area contributed by atoms with Gasteiger partial charge in [0.1, 0.15) is 5.82 Å². The van der Waals surface area contributed by atoms with Crippen LogP contribution < -0.4 is 5.32 Å². The van der Waals surface area contributed by atoms with Crippen molar-refractivity contribution in [3.63, 3.8) is 0 Å². The first-order valence-corrected chi connectivity index (χ1v) is 7.44. The second kappa shape index (κ2) is 6.08. The molecule has 0 radical (unpaired) electrons. The molecule has 1 aliphatic rings. The zero-order valence-corrected chi connectivity index (χ0v) is 11.6. The summed E-state index contributed by atoms with van der Waals surface area (Å²) >= 11 is 0. The highest BCUT2D eigenvalue weighted by atomic mass is 19.1. The van der Waals surface area contributed by atoms with E-state index in [1.54, 1.807) is 12.1 Å². The molecule has 0 spiro atoms. The SMILES string of the molecule is Fc1ccccc1Nc1ccc(C2CCCCC2)cc1. The topological polar surface area (TPSA) is 12.0 Å². The summed E-state index contributed by atoms with van der Waals surface area (Å²) in [6, 6.07) is 15.2. The van der Waals surface area contributed by atoms with Gasteiger partial charge in [0.2, 0.25) is 0 Å². The number of anilines is 2. The van der Waals surface area contributed by atoms with Crippen LogP contribution in [0.1, 0.15) is 43.6 Å². The predicted molar refractivity (Wildman–Crippen MR) is 82.0 cm³/mol. The number of benzene rings is 2. The third-order valence-electron chi connectivity index (χ3n) is 4.14. The van der Waals surface area contributed by atoms with E-state index in [1.807, 2.05) is 6.07 Å². The molecule has 104 valence electrons. The molecule has 1 nitrogen and oxygen atoms in total. The molecular weight excluding hydrogens is 249 g/mol. The molecule has 2 heteroatoms. The van der Waals surface area contributed by atoms with Gasteiger partial charge in [-0.05, 0) is 48.6 Å². The fourth-order valence-corrected chi connectivity index (χ4v) is 2.99. The highest BCUT2D eigenvalue weighted by Crippen LogP contribution is 2.33. The van der Waals surface area contributed by atoms with Crippen molar-refractivity contribution >= 4 is 11.4 Å². The molecule has 0 saturated heterocycles. The van der Waals surface area contributed by atoms with E-state index in [0.29, 0.717) is 11.6 Å². The lowest BCUT2D eigenvalue weighted by Gasteiger charge is -2.22. The van der Waals surface area contributed by atoms with Crippen LogP contribution in [0.3, 0.4) is 0 Å². The Morgan fingerprint density at radius 1 is 0.850 bits per heavy atom. The van der Waals surface area contributed by atoms with Crippen molar-refractivity contribution in [2.24, 2.45) is 0 Å². The Morgan fingerprint density at radius 3 is 2.25 bits per heavy atom. The molecule has 1 N–H and O–H groups in total. The fraction of sp³-hybridized carbons (Fsp3) is 0.333. The number of hydrogen-bond donors (Lipinski definition) is 1. The number of hydrogen-bond acceptors (Lipinski definition) is 1. The van der Waals surface area contributed by atoms with Crippen molar-refractivity contribution in [2.75, 3.05) is 5.32 Å². The van der Waals surface area contributed by atoms with Crippen LogP contribution >= 0.6 is 0 Å². The molecule has 2 aromatic carbocycles. The van der Waals surface area contributed by atoms with Gasteiger partial charge in [0.05, 0.1) is 5.69 Å². The highest BCUT2D eigenvalue weighted by molar-refractivity contribution is 5.60. The first-order valence-electron chi connectivity index (χ1n) is 7.44. The van der Waals surface area contributed by atoms with Gasteiger partial charge < -0.3 is 5.32 Å². The monoisotopic (exact) mass is 269 g/mol. The van der Waals surface area contributed by atoms with Crippen LogP contribution in [0.25, 0.3) is 0 Å². The second-order valence-electron chi connectivity index (χ2n) is 5.56. The van der Waals surface area contributed by atoms with Gasteiger partial charge in [-0.1, -0.05) is 43.5 Å². The summed E-state index contributed by atoms with van der Waals surface area (Å²) in [4.78, 5) is 0. The molecule has 1 fully saturated rings. The van der Waals surface area contributed by atoms with Gasteiger partial charge in [-0.25, -0.2) is 4.39 Å². The Morgan fingerprint density at radius 2 is 1.55 bits per heavy atom. The number of rotatable bonds is 3. The van der Waals surface area contributed by atoms with E-state index in [-0.39, 0.29) is 5.82 Å². The Labute approximate surface area is 119 Å². The Kier molecular flexibility index (Phi) is 4.00. The van der Waals surface area contributed by atoms with E-state index < -0.39 is 0 Å². The molecule has 0 bridgehead atoms. The van der Waals surface area contributed by atoms with Crippen LogP contribution in [-0.4, -0.2) is 0 Å². The van der Waals surface area contributed by atoms with Crippen molar-refractivity contribution in [3.05, 3.63) is 59.9 Å². The molecule has 1 aliphatic carbocycles. The number of halogens is 1. The molecule has 0 aromatic heterocycles. The molecule has 0 unspecified atom stereocenters. The minimum Gasteiger partial charge on any atom is -0.353 e. The van der Waals surface area contributed by atoms with Gasteiger partial charge in [-0.2, -0.15) is 0 Å². The molecule has 1 saturated carbocycles. The van der Waals surface area contributed by atoms with Crippen LogP contribution in [0, 0.1) is 5.82 Å². The molecule has 3 rings (SSSR count). The zero-order valence-electron chi connectivity index (χ0n) is 11.6. The Balaban J connectivity index is 1.71. The van der Waals surface area contributed by atoms with Gasteiger partial charge >= 0.3 is 0 Å². The standard InChI is InChI=1S/C18H20FN/c19-17-8-4-5-9-18(17)20-16-12-10-15(11-13-16)14-6-2-1-3-7-14/h4-5,8-14,20H,1-3,6-7H2. The average Bonchev–Trinajstić information content (AvgIpc) is 2.51. The molecular formula is C18H20FN. The lowest BCUT2D eigenvalue weighted by molar-refractivity contribution is 0.443. The predicted octanol–water partition coefficient (Wildman–Crippen LogP) is 5.62. The van der Waals surface area contributed by atoms with Gasteiger partial charge in [0, 0.05) is 5.69 Å². The maximum absolute atomic E-state index is 13.6. The highest BCUT2D eigenvalue weighted by Gasteiger charge is 2.15. The molecule has 0 amide bonds. The number of nitrogens with one attached hydrogen (secondary N) is 1. The molecule has 0 aliphatic heterocycles. The van der Waals surface area contributed by atoms with Gasteiger partial charge in [-0.15, -0.1) is 0 Å². The van der Waals surface area contributed by atoms with E-state index in [4.69, 9.17) is 0 Å². The van der Waals surface area contributed by atoms with Gasteiger partial charge in [-0.3, -0.25) is 0 Å². The van der Waals surface area contributed by atoms with Crippen LogP contribution in [0.4, 0.5) is 15.8 Å². The summed E-state index contributed by atoms with van der Waals surface area (Å²) in [5.74, 6) is 0.495. The van der Waals surface area contributed by atoms with Crippen molar-refractivity contribution < 1.29 is 4.39 Å². The maximum Gasteiger partial charge on any atom is 0.146 e. The van der Waals surface area contributed by atoms with Crippen molar-refractivity contribution in [1.82, 2.24) is 0 Å². The van der Waals surface area contributed by atoms with Gasteiger partial charge in [0.25, 0.3) is 0 Å². The first kappa shape index (κ1) is 13.2. The van der Waals surface area contributed by atoms with Crippen molar-refractivity contribution in [1.29, 1.82) is 0 Å². The van der Waals surface area contributed by atoms with Crippen LogP contribution in [0.5, 0.6) is 0 Å². The minimum absolute atomic E-state index is 0.219. The van der Waals surface area contributed by atoms with E-state index in [2.05, 4.69) is 29.6 Å². The average molecular weight is 269 g/mol. The largest absolute Gasteiger partial charge is 0.353 e. The fourth-order valence-electron chi connectivity index (χ4n) is 2.99. The summed E-state index contributed by atoms with van der Waals surface area (Å²) in [5.41, 5.74) is 2.89. The minimum atomic E-state index is -0.219. The lowest BCUT2D eigenvalue weighted by atomic mass is 9.84. The Hall–Kier alpha value is -1.83. The first-order chi connectivity index (χ1) is 9.83. The van der Waals surface area contributed by atoms with E-state index >= 15 is 0 Å². The van der Waals surface area contributed by atoms with Crippen LogP contribution in [0.2, 0.25) is 0 Å². The maximum atomic E-state index is 13.6. The van der Waals surface area contributed by atoms with E-state index in [0.717, 1.165) is 5.69 Å². The van der Waals surface area contributed by atoms with E-state index in [9.17, 15) is 4.39 Å². The van der Waals surface area contributed by atoms with Crippen molar-refractivity contribution in [2.45, 2.75) is 38.0 Å². The quantitative estimate of drug-likeness (QED) is 0.762. The lowest BCUT2D eigenvalue weighted by Crippen LogP contribution is -2.04. The molecule has 20 heavy (non-hydrogen) atoms. The second-order valence-corrected chi connectivity index (χ2v) is 5.56. The smallest absolute Gasteiger partial charge is 0.146 e. The Bertz CT molecular complexity index is 556. The number of para-hydroxylation sites is 1. The summed E-state index contributed by atoms with van der Waals surface area (Å²) < 4.78 is 13.6. The summed E-state index contributed by atoms with van der Waals surface area (Å²) in [7, 11) is 0. The zero-order chi connectivity index (χ0) is 13.8.